The van der Waals surface area contributed by atoms with E-state index in [0.717, 1.165) is 46.6 Å². The number of thiazole rings is 1. The van der Waals surface area contributed by atoms with Crippen molar-refractivity contribution >= 4 is 39.8 Å². The molecule has 0 radical (unpaired) electrons. The van der Waals surface area contributed by atoms with Crippen LogP contribution < -0.4 is 10.1 Å². The molecule has 1 unspecified atom stereocenters. The highest BCUT2D eigenvalue weighted by molar-refractivity contribution is 7.13. The second-order valence-corrected chi connectivity index (χ2v) is 7.40. The molecule has 1 aromatic heterocycles. The van der Waals surface area contributed by atoms with E-state index in [1.54, 1.807) is 11.3 Å². The van der Waals surface area contributed by atoms with Gasteiger partial charge in [-0.1, -0.05) is 6.08 Å². The molecule has 27 heavy (non-hydrogen) atoms. The standard InChI is InChI=1S/C21H22N4OS/c1-3-26-17-8-6-16(7-9-17)24-21-25-19(13-27-21)18-11-15-5-4-10-22-20(12-15)23-14(18)2/h4-10,13,15H,3,11-12H2,1-2H3,(H,24,25). The Hall–Kier alpha value is -2.73. The Balaban J connectivity index is 1.54. The van der Waals surface area contributed by atoms with Gasteiger partial charge in [0.2, 0.25) is 0 Å². The summed E-state index contributed by atoms with van der Waals surface area (Å²) in [5.74, 6) is 2.20. The van der Waals surface area contributed by atoms with Crippen LogP contribution in [0, 0.1) is 5.92 Å². The van der Waals surface area contributed by atoms with Crippen molar-refractivity contribution in [2.24, 2.45) is 15.9 Å². The molecule has 2 aliphatic rings. The zero-order chi connectivity index (χ0) is 18.6. The van der Waals surface area contributed by atoms with Crippen LogP contribution in [0.15, 0.2) is 57.5 Å². The molecule has 1 atom stereocenters. The largest absolute Gasteiger partial charge is 0.494 e. The molecule has 2 bridgehead atoms. The summed E-state index contributed by atoms with van der Waals surface area (Å²) in [7, 11) is 0. The maximum Gasteiger partial charge on any atom is 0.187 e. The molecule has 0 fully saturated rings. The molecule has 0 spiro atoms. The van der Waals surface area contributed by atoms with Gasteiger partial charge in [-0.3, -0.25) is 0 Å². The summed E-state index contributed by atoms with van der Waals surface area (Å²) >= 11 is 1.61. The first-order valence-corrected chi connectivity index (χ1v) is 10.0. The van der Waals surface area contributed by atoms with E-state index in [0.29, 0.717) is 12.5 Å². The van der Waals surface area contributed by atoms with Crippen LogP contribution in [0.25, 0.3) is 5.57 Å². The lowest BCUT2D eigenvalue weighted by molar-refractivity contribution is 0.340. The zero-order valence-electron chi connectivity index (χ0n) is 15.5. The van der Waals surface area contributed by atoms with Gasteiger partial charge < -0.3 is 10.1 Å². The molecule has 0 aliphatic carbocycles. The van der Waals surface area contributed by atoms with Gasteiger partial charge in [-0.25, -0.2) is 15.0 Å². The van der Waals surface area contributed by atoms with Crippen LogP contribution in [0.4, 0.5) is 10.8 Å². The lowest BCUT2D eigenvalue weighted by Crippen LogP contribution is -2.02. The van der Waals surface area contributed by atoms with Crippen LogP contribution in [0.3, 0.4) is 0 Å². The van der Waals surface area contributed by atoms with Gasteiger partial charge in [-0.05, 0) is 56.5 Å². The second-order valence-electron chi connectivity index (χ2n) is 6.54. The van der Waals surface area contributed by atoms with Crippen molar-refractivity contribution in [3.05, 3.63) is 53.2 Å². The molecule has 4 rings (SSSR count). The number of allylic oxidation sites excluding steroid dienone is 4. The molecule has 2 aliphatic heterocycles. The summed E-state index contributed by atoms with van der Waals surface area (Å²) in [5.41, 5.74) is 4.21. The van der Waals surface area contributed by atoms with E-state index in [1.807, 2.05) is 43.5 Å². The van der Waals surface area contributed by atoms with Crippen LogP contribution in [-0.4, -0.2) is 23.6 Å². The molecule has 0 amide bonds. The maximum atomic E-state index is 5.49. The predicted molar refractivity (Wildman–Crippen MR) is 113 cm³/mol. The number of ether oxygens (including phenoxy) is 1. The SMILES string of the molecule is CCOc1ccc(Nc2nc(C3=C(C)N=C4CC(C=CC=N4)C3)cs2)cc1. The third-order valence-corrected chi connectivity index (χ3v) is 5.33. The van der Waals surface area contributed by atoms with Gasteiger partial charge in [0, 0.05) is 35.0 Å². The highest BCUT2D eigenvalue weighted by Crippen LogP contribution is 2.35. The second kappa shape index (κ2) is 7.88. The fourth-order valence-electron chi connectivity index (χ4n) is 3.26. The number of anilines is 2. The average Bonchev–Trinajstić information content (AvgIpc) is 2.92. The fraction of sp³-hybridized carbons (Fsp3) is 0.286. The molecule has 1 aromatic carbocycles. The summed E-state index contributed by atoms with van der Waals surface area (Å²) in [5, 5.41) is 6.35. The van der Waals surface area contributed by atoms with Gasteiger partial charge in [0.25, 0.3) is 0 Å². The van der Waals surface area contributed by atoms with Gasteiger partial charge >= 0.3 is 0 Å². The molecule has 0 saturated heterocycles. The Kier molecular flexibility index (Phi) is 5.16. The van der Waals surface area contributed by atoms with E-state index in [9.17, 15) is 0 Å². The van der Waals surface area contributed by atoms with Crippen molar-refractivity contribution in [1.29, 1.82) is 0 Å². The molecule has 2 aromatic rings. The van der Waals surface area contributed by atoms with Crippen LogP contribution in [0.1, 0.15) is 32.4 Å². The smallest absolute Gasteiger partial charge is 0.187 e. The predicted octanol–water partition coefficient (Wildman–Crippen LogP) is 5.47. The monoisotopic (exact) mass is 378 g/mol. The number of nitrogens with zero attached hydrogens (tertiary/aromatic N) is 3. The first-order chi connectivity index (χ1) is 13.2. The van der Waals surface area contributed by atoms with Gasteiger partial charge in [-0.2, -0.15) is 0 Å². The Morgan fingerprint density at radius 2 is 2.07 bits per heavy atom. The summed E-state index contributed by atoms with van der Waals surface area (Å²) < 4.78 is 5.49. The van der Waals surface area contributed by atoms with Crippen molar-refractivity contribution in [2.75, 3.05) is 11.9 Å². The van der Waals surface area contributed by atoms with Crippen LogP contribution in [0.5, 0.6) is 5.75 Å². The molecule has 138 valence electrons. The van der Waals surface area contributed by atoms with Crippen molar-refractivity contribution in [2.45, 2.75) is 26.7 Å². The number of rotatable bonds is 5. The molecular weight excluding hydrogens is 356 g/mol. The van der Waals surface area contributed by atoms with Crippen molar-refractivity contribution in [3.8, 4) is 5.75 Å². The number of benzene rings is 1. The third-order valence-electron chi connectivity index (χ3n) is 4.57. The summed E-state index contributed by atoms with van der Waals surface area (Å²) in [6.45, 7) is 4.70. The summed E-state index contributed by atoms with van der Waals surface area (Å²) in [6.07, 6.45) is 7.89. The highest BCUT2D eigenvalue weighted by Gasteiger charge is 2.21. The van der Waals surface area contributed by atoms with Gasteiger partial charge in [0.1, 0.15) is 11.6 Å². The average molecular weight is 379 g/mol. The van der Waals surface area contributed by atoms with E-state index in [1.165, 1.54) is 5.57 Å². The third kappa shape index (κ3) is 4.17. The van der Waals surface area contributed by atoms with Gasteiger partial charge in [0.15, 0.2) is 5.13 Å². The van der Waals surface area contributed by atoms with Gasteiger partial charge in [0.05, 0.1) is 12.3 Å². The first kappa shape index (κ1) is 17.7. The maximum absolute atomic E-state index is 5.49. The summed E-state index contributed by atoms with van der Waals surface area (Å²) in [4.78, 5) is 14.0. The highest BCUT2D eigenvalue weighted by atomic mass is 32.1. The molecular formula is C21H22N4OS. The molecule has 6 heteroatoms. The van der Waals surface area contributed by atoms with Crippen molar-refractivity contribution in [3.63, 3.8) is 0 Å². The number of hydrogen-bond acceptors (Lipinski definition) is 6. The van der Waals surface area contributed by atoms with Crippen molar-refractivity contribution < 1.29 is 4.74 Å². The first-order valence-electron chi connectivity index (χ1n) is 9.15. The number of aliphatic imine (C=N–C) groups is 2. The Morgan fingerprint density at radius 1 is 1.22 bits per heavy atom. The molecule has 3 heterocycles. The van der Waals surface area contributed by atoms with E-state index in [-0.39, 0.29) is 0 Å². The number of nitrogens with one attached hydrogen (secondary N) is 1. The normalized spacial score (nSPS) is 18.7. The number of hydrogen-bond donors (Lipinski definition) is 1. The summed E-state index contributed by atoms with van der Waals surface area (Å²) in [6, 6.07) is 7.93. The number of fused-ring (bicyclic) bond motifs is 2. The van der Waals surface area contributed by atoms with Crippen LogP contribution in [-0.2, 0) is 0 Å². The lowest BCUT2D eigenvalue weighted by atomic mass is 9.94. The van der Waals surface area contributed by atoms with E-state index in [4.69, 9.17) is 14.7 Å². The minimum atomic E-state index is 0.419. The van der Waals surface area contributed by atoms with E-state index >= 15 is 0 Å². The number of aromatic nitrogens is 1. The zero-order valence-corrected chi connectivity index (χ0v) is 16.3. The van der Waals surface area contributed by atoms with Crippen LogP contribution >= 0.6 is 11.3 Å². The van der Waals surface area contributed by atoms with E-state index < -0.39 is 0 Å². The van der Waals surface area contributed by atoms with E-state index in [2.05, 4.69) is 28.7 Å². The minimum absolute atomic E-state index is 0.419. The topological polar surface area (TPSA) is 58.9 Å². The van der Waals surface area contributed by atoms with Crippen LogP contribution in [0.2, 0.25) is 0 Å². The fourth-order valence-corrected chi connectivity index (χ4v) is 4.01. The molecule has 5 nitrogen and oxygen atoms in total. The number of amidine groups is 1. The molecule has 0 saturated carbocycles. The molecule has 1 N–H and O–H groups in total. The van der Waals surface area contributed by atoms with Gasteiger partial charge in [-0.15, -0.1) is 11.3 Å². The Morgan fingerprint density at radius 3 is 2.89 bits per heavy atom. The Labute approximate surface area is 163 Å². The lowest BCUT2D eigenvalue weighted by Gasteiger charge is -2.10. The Bertz CT molecular complexity index is 937. The van der Waals surface area contributed by atoms with Crippen molar-refractivity contribution in [1.82, 2.24) is 4.98 Å². The quantitative estimate of drug-likeness (QED) is 0.751. The minimum Gasteiger partial charge on any atom is -0.494 e.